The Morgan fingerprint density at radius 1 is 1.05 bits per heavy atom. The van der Waals surface area contributed by atoms with E-state index in [9.17, 15) is 9.59 Å². The number of ether oxygens (including phenoxy) is 3. The molecule has 0 radical (unpaired) electrons. The summed E-state index contributed by atoms with van der Waals surface area (Å²) in [5.41, 5.74) is 8.92. The van der Waals surface area contributed by atoms with Gasteiger partial charge in [-0.25, -0.2) is 0 Å². The predicted octanol–water partition coefficient (Wildman–Crippen LogP) is 4.70. The van der Waals surface area contributed by atoms with Gasteiger partial charge in [0.05, 0.1) is 32.4 Å². The normalized spacial score (nSPS) is 15.0. The molecule has 1 amide bonds. The number of pyridine rings is 1. The van der Waals surface area contributed by atoms with E-state index in [0.29, 0.717) is 46.7 Å². The summed E-state index contributed by atoms with van der Waals surface area (Å²) in [5.74, 6) is 1.24. The molecule has 0 aliphatic carbocycles. The van der Waals surface area contributed by atoms with E-state index in [0.717, 1.165) is 29.7 Å². The smallest absolute Gasteiger partial charge is 0.260 e. The summed E-state index contributed by atoms with van der Waals surface area (Å²) in [4.78, 5) is 26.7. The summed E-state index contributed by atoms with van der Waals surface area (Å²) < 4.78 is 18.0. The molecule has 4 aromatic rings. The van der Waals surface area contributed by atoms with Crippen molar-refractivity contribution in [2.24, 2.45) is 0 Å². The molecule has 3 N–H and O–H groups in total. The Morgan fingerprint density at radius 3 is 2.54 bits per heavy atom. The van der Waals surface area contributed by atoms with Crippen LogP contribution in [0.5, 0.6) is 11.5 Å². The van der Waals surface area contributed by atoms with Gasteiger partial charge < -0.3 is 25.3 Å². The Kier molecular flexibility index (Phi) is 6.83. The third-order valence-electron chi connectivity index (χ3n) is 6.71. The van der Waals surface area contributed by atoms with Crippen molar-refractivity contribution in [2.75, 3.05) is 31.9 Å². The molecular formula is C29H29N3O5. The van der Waals surface area contributed by atoms with Crippen molar-refractivity contribution in [3.63, 3.8) is 0 Å². The van der Waals surface area contributed by atoms with E-state index in [1.165, 1.54) is 7.11 Å². The SMILES string of the molecule is COc1ccc(-c2c(N)n(CC3CCCO3)c(=O)c3cc(NC(=O)c4ccccc4OC)ccc23)cc1. The fraction of sp³-hybridized carbons (Fsp3) is 0.241. The van der Waals surface area contributed by atoms with Gasteiger partial charge in [0.2, 0.25) is 0 Å². The number of hydrogen-bond donors (Lipinski definition) is 2. The zero-order valence-electron chi connectivity index (χ0n) is 20.8. The van der Waals surface area contributed by atoms with Crippen molar-refractivity contribution in [3.8, 4) is 22.6 Å². The van der Waals surface area contributed by atoms with Crippen LogP contribution in [0.25, 0.3) is 21.9 Å². The number of amides is 1. The lowest BCUT2D eigenvalue weighted by Gasteiger charge is -2.20. The van der Waals surface area contributed by atoms with Crippen molar-refractivity contribution >= 4 is 28.2 Å². The number of fused-ring (bicyclic) bond motifs is 1. The van der Waals surface area contributed by atoms with Crippen LogP contribution in [0, 0.1) is 0 Å². The van der Waals surface area contributed by atoms with Crippen LogP contribution in [-0.4, -0.2) is 37.4 Å². The molecule has 37 heavy (non-hydrogen) atoms. The molecule has 1 aromatic heterocycles. The first-order valence-electron chi connectivity index (χ1n) is 12.2. The van der Waals surface area contributed by atoms with Crippen LogP contribution < -0.4 is 26.1 Å². The second-order valence-corrected chi connectivity index (χ2v) is 8.95. The van der Waals surface area contributed by atoms with Gasteiger partial charge in [-0.3, -0.25) is 14.2 Å². The number of carbonyl (C=O) groups excluding carboxylic acids is 1. The molecule has 8 nitrogen and oxygen atoms in total. The van der Waals surface area contributed by atoms with Gasteiger partial charge in [0.15, 0.2) is 0 Å². The van der Waals surface area contributed by atoms with Gasteiger partial charge in [-0.1, -0.05) is 30.3 Å². The van der Waals surface area contributed by atoms with Crippen LogP contribution in [0.2, 0.25) is 0 Å². The molecule has 2 heterocycles. The first-order chi connectivity index (χ1) is 18.0. The number of nitrogen functional groups attached to an aromatic ring is 1. The standard InChI is InChI=1S/C29H29N3O5/c1-35-20-12-9-18(10-13-20)26-22-14-11-19(31-28(33)23-7-3-4-8-25(23)36-2)16-24(22)29(34)32(27(26)30)17-21-6-5-15-37-21/h3-4,7-14,16,21H,5-6,15,17,30H2,1-2H3,(H,31,33). The lowest BCUT2D eigenvalue weighted by Crippen LogP contribution is -2.29. The first-order valence-corrected chi connectivity index (χ1v) is 12.2. The fourth-order valence-corrected chi connectivity index (χ4v) is 4.81. The molecule has 1 aliphatic heterocycles. The number of carbonyl (C=O) groups is 1. The number of aromatic nitrogens is 1. The lowest BCUT2D eigenvalue weighted by atomic mass is 9.98. The Morgan fingerprint density at radius 2 is 1.84 bits per heavy atom. The molecule has 0 saturated carbocycles. The molecule has 1 fully saturated rings. The van der Waals surface area contributed by atoms with Gasteiger partial charge in [-0.05, 0) is 60.2 Å². The van der Waals surface area contributed by atoms with Gasteiger partial charge in [0.1, 0.15) is 17.3 Å². The van der Waals surface area contributed by atoms with E-state index in [1.807, 2.05) is 30.3 Å². The van der Waals surface area contributed by atoms with Crippen LogP contribution in [0.15, 0.2) is 71.5 Å². The minimum Gasteiger partial charge on any atom is -0.497 e. The maximum atomic E-state index is 13.7. The maximum Gasteiger partial charge on any atom is 0.260 e. The summed E-state index contributed by atoms with van der Waals surface area (Å²) in [6.45, 7) is 1.04. The first kappa shape index (κ1) is 24.4. The molecule has 1 saturated heterocycles. The minimum atomic E-state index is -0.331. The molecule has 5 rings (SSSR count). The lowest BCUT2D eigenvalue weighted by molar-refractivity contribution is 0.0968. The minimum absolute atomic E-state index is 0.0744. The molecule has 0 bridgehead atoms. The Labute approximate surface area is 214 Å². The molecule has 3 aromatic carbocycles. The second-order valence-electron chi connectivity index (χ2n) is 8.95. The van der Waals surface area contributed by atoms with E-state index >= 15 is 0 Å². The van der Waals surface area contributed by atoms with Crippen LogP contribution in [0.4, 0.5) is 11.5 Å². The van der Waals surface area contributed by atoms with Gasteiger partial charge in [0.25, 0.3) is 11.5 Å². The number of nitrogens with two attached hydrogens (primary N) is 1. The molecule has 1 aliphatic rings. The van der Waals surface area contributed by atoms with Gasteiger partial charge in [-0.2, -0.15) is 0 Å². The zero-order chi connectivity index (χ0) is 25.9. The Balaban J connectivity index is 1.62. The number of para-hydroxylation sites is 1. The highest BCUT2D eigenvalue weighted by Gasteiger charge is 2.22. The number of hydrogen-bond acceptors (Lipinski definition) is 6. The number of anilines is 2. The van der Waals surface area contributed by atoms with E-state index in [-0.39, 0.29) is 17.6 Å². The molecule has 8 heteroatoms. The molecule has 1 atom stereocenters. The highest BCUT2D eigenvalue weighted by atomic mass is 16.5. The maximum absolute atomic E-state index is 13.7. The van der Waals surface area contributed by atoms with Crippen molar-refractivity contribution in [1.29, 1.82) is 0 Å². The predicted molar refractivity (Wildman–Crippen MR) is 145 cm³/mol. The van der Waals surface area contributed by atoms with Crippen molar-refractivity contribution in [1.82, 2.24) is 4.57 Å². The topological polar surface area (TPSA) is 105 Å². The molecule has 0 spiro atoms. The third-order valence-corrected chi connectivity index (χ3v) is 6.71. The number of methoxy groups -OCH3 is 2. The quantitative estimate of drug-likeness (QED) is 0.382. The monoisotopic (exact) mass is 499 g/mol. The van der Waals surface area contributed by atoms with Crippen molar-refractivity contribution < 1.29 is 19.0 Å². The van der Waals surface area contributed by atoms with Crippen LogP contribution >= 0.6 is 0 Å². The molecule has 190 valence electrons. The third kappa shape index (κ3) is 4.75. The van der Waals surface area contributed by atoms with Crippen LogP contribution in [-0.2, 0) is 11.3 Å². The van der Waals surface area contributed by atoms with Gasteiger partial charge >= 0.3 is 0 Å². The van der Waals surface area contributed by atoms with E-state index < -0.39 is 0 Å². The van der Waals surface area contributed by atoms with Gasteiger partial charge in [-0.15, -0.1) is 0 Å². The Bertz CT molecular complexity index is 1510. The summed E-state index contributed by atoms with van der Waals surface area (Å²) in [5, 5.41) is 4.05. The molecular weight excluding hydrogens is 470 g/mol. The number of benzene rings is 3. The zero-order valence-corrected chi connectivity index (χ0v) is 20.8. The summed E-state index contributed by atoms with van der Waals surface area (Å²) >= 11 is 0. The van der Waals surface area contributed by atoms with Crippen LogP contribution in [0.1, 0.15) is 23.2 Å². The highest BCUT2D eigenvalue weighted by molar-refractivity contribution is 6.08. The number of nitrogens with one attached hydrogen (secondary N) is 1. The molecule has 1 unspecified atom stereocenters. The van der Waals surface area contributed by atoms with E-state index in [2.05, 4.69) is 5.32 Å². The fourth-order valence-electron chi connectivity index (χ4n) is 4.81. The van der Waals surface area contributed by atoms with Crippen LogP contribution in [0.3, 0.4) is 0 Å². The van der Waals surface area contributed by atoms with Crippen molar-refractivity contribution in [2.45, 2.75) is 25.5 Å². The average Bonchev–Trinajstić information content (AvgIpc) is 3.45. The largest absolute Gasteiger partial charge is 0.497 e. The summed E-state index contributed by atoms with van der Waals surface area (Å²) in [6.07, 6.45) is 1.75. The van der Waals surface area contributed by atoms with Crippen molar-refractivity contribution in [3.05, 3.63) is 82.6 Å². The number of nitrogens with zero attached hydrogens (tertiary/aromatic N) is 1. The second kappa shape index (κ2) is 10.4. The van der Waals surface area contributed by atoms with Gasteiger partial charge in [0, 0.05) is 23.2 Å². The average molecular weight is 500 g/mol. The van der Waals surface area contributed by atoms with E-state index in [4.69, 9.17) is 19.9 Å². The number of rotatable bonds is 7. The highest BCUT2D eigenvalue weighted by Crippen LogP contribution is 2.35. The summed E-state index contributed by atoms with van der Waals surface area (Å²) in [6, 6.07) is 19.8. The van der Waals surface area contributed by atoms with E-state index in [1.54, 1.807) is 48.1 Å². The summed E-state index contributed by atoms with van der Waals surface area (Å²) in [7, 11) is 3.13. The Hall–Kier alpha value is -4.30.